The van der Waals surface area contributed by atoms with E-state index in [1.807, 2.05) is 0 Å². The Labute approximate surface area is 413 Å². The van der Waals surface area contributed by atoms with Gasteiger partial charge in [-0.25, -0.2) is 0 Å². The summed E-state index contributed by atoms with van der Waals surface area (Å²) in [4.78, 5) is 0. The summed E-state index contributed by atoms with van der Waals surface area (Å²) in [6.45, 7) is 12.3. The maximum Gasteiger partial charge on any atom is -0.0360 e. The monoisotopic (exact) mass is 905 g/mol. The Kier molecular flexibility index (Phi) is 41.7. The van der Waals surface area contributed by atoms with Gasteiger partial charge in [0.2, 0.25) is 0 Å². The third-order valence-corrected chi connectivity index (χ3v) is 19.7. The van der Waals surface area contributed by atoms with E-state index in [0.29, 0.717) is 0 Å². The van der Waals surface area contributed by atoms with Gasteiger partial charge in [0.05, 0.1) is 0 Å². The van der Waals surface area contributed by atoms with Gasteiger partial charge in [0.15, 0.2) is 0 Å². The van der Waals surface area contributed by atoms with Crippen LogP contribution in [-0.2, 0) is 0 Å². The first kappa shape index (κ1) is 70.6. The third kappa shape index (κ3) is 20.9. The van der Waals surface area contributed by atoms with Gasteiger partial charge in [-0.15, -0.1) is 0 Å². The molecule has 0 heteroatoms. The molecule has 10 aliphatic carbocycles. The molecule has 10 unspecified atom stereocenters. The molecule has 10 saturated carbocycles. The Morgan fingerprint density at radius 1 is 0.156 bits per heavy atom. The smallest absolute Gasteiger partial charge is 0.0360 e. The van der Waals surface area contributed by atoms with Crippen LogP contribution in [0.5, 0.6) is 0 Å². The quantitative estimate of drug-likeness (QED) is 0.258. The van der Waals surface area contributed by atoms with Gasteiger partial charge < -0.3 is 0 Å². The summed E-state index contributed by atoms with van der Waals surface area (Å²) in [5, 5.41) is 0. The van der Waals surface area contributed by atoms with Crippen molar-refractivity contribution in [2.45, 2.75) is 326 Å². The van der Waals surface area contributed by atoms with Crippen LogP contribution in [0, 0.1) is 88.8 Å². The molecule has 0 aromatic heterocycles. The maximum absolute atomic E-state index is 2.47. The van der Waals surface area contributed by atoms with Gasteiger partial charge in [0.25, 0.3) is 0 Å². The molecule has 0 aromatic rings. The van der Waals surface area contributed by atoms with Crippen molar-refractivity contribution in [3.63, 3.8) is 0 Å². The van der Waals surface area contributed by atoms with Crippen LogP contribution in [0.15, 0.2) is 0 Å². The zero-order valence-electron chi connectivity index (χ0n) is 38.4. The minimum absolute atomic E-state index is 0. The van der Waals surface area contributed by atoms with Crippen LogP contribution in [0.25, 0.3) is 0 Å². The standard InChI is InChI=1S/5C11H20.9CH4/c5*1-9-5-4-8-11(9)10-6-2-3-7-10;;;;;;;;;/h5*9-11H,2-8H2,1H3;9*1H4. The molecular formula is C64H136. The van der Waals surface area contributed by atoms with Crippen molar-refractivity contribution in [2.24, 2.45) is 88.8 Å². The van der Waals surface area contributed by atoms with Crippen molar-refractivity contribution in [3.05, 3.63) is 0 Å². The summed E-state index contributed by atoms with van der Waals surface area (Å²) in [5.74, 6) is 16.5. The first-order chi connectivity index (χ1) is 26.9. The third-order valence-electron chi connectivity index (χ3n) is 19.7. The van der Waals surface area contributed by atoms with Crippen molar-refractivity contribution in [2.75, 3.05) is 0 Å². The van der Waals surface area contributed by atoms with Gasteiger partial charge in [-0.3, -0.25) is 0 Å². The van der Waals surface area contributed by atoms with E-state index in [9.17, 15) is 0 Å². The van der Waals surface area contributed by atoms with Crippen LogP contribution < -0.4 is 0 Å². The lowest BCUT2D eigenvalue weighted by molar-refractivity contribution is 0.280. The highest BCUT2D eigenvalue weighted by molar-refractivity contribution is 4.87. The lowest BCUT2D eigenvalue weighted by Gasteiger charge is -2.22. The summed E-state index contributed by atoms with van der Waals surface area (Å²) in [5.41, 5.74) is 0. The largest absolute Gasteiger partial charge is 0.0776 e. The second-order valence-corrected chi connectivity index (χ2v) is 23.1. The molecule has 64 heavy (non-hydrogen) atoms. The maximum atomic E-state index is 2.47. The number of hydrogen-bond donors (Lipinski definition) is 0. The molecule has 10 aliphatic rings. The zero-order chi connectivity index (χ0) is 38.4. The van der Waals surface area contributed by atoms with E-state index in [0.717, 1.165) is 88.8 Å². The van der Waals surface area contributed by atoms with Crippen LogP contribution in [0.3, 0.4) is 0 Å². The Balaban J connectivity index is -0.000000340. The van der Waals surface area contributed by atoms with E-state index in [2.05, 4.69) is 34.6 Å². The van der Waals surface area contributed by atoms with Crippen LogP contribution in [0.1, 0.15) is 326 Å². The predicted octanol–water partition coefficient (Wildman–Crippen LogP) is 23.8. The van der Waals surface area contributed by atoms with Gasteiger partial charge in [0.1, 0.15) is 0 Å². The van der Waals surface area contributed by atoms with Gasteiger partial charge in [-0.1, -0.05) is 294 Å². The van der Waals surface area contributed by atoms with E-state index < -0.39 is 0 Å². The van der Waals surface area contributed by atoms with E-state index >= 15 is 0 Å². The molecule has 0 N–H and O–H groups in total. The fraction of sp³-hybridized carbons (Fsp3) is 1.00. The Bertz CT molecular complexity index is 796. The molecular weight excluding hydrogens is 769 g/mol. The van der Waals surface area contributed by atoms with Crippen molar-refractivity contribution in [1.82, 2.24) is 0 Å². The number of hydrogen-bond acceptors (Lipinski definition) is 0. The second kappa shape index (κ2) is 37.8. The lowest BCUT2D eigenvalue weighted by Crippen LogP contribution is -2.13. The Morgan fingerprint density at radius 3 is 0.375 bits per heavy atom. The minimum atomic E-state index is 0. The minimum Gasteiger partial charge on any atom is -0.0776 e. The molecule has 10 atom stereocenters. The van der Waals surface area contributed by atoms with E-state index in [4.69, 9.17) is 0 Å². The second-order valence-electron chi connectivity index (χ2n) is 23.1. The van der Waals surface area contributed by atoms with E-state index in [-0.39, 0.29) is 66.8 Å². The SMILES string of the molecule is C.C.C.C.C.C.C.C.C.CC1CCCC1C1CCCC1.CC1CCCC1C1CCCC1.CC1CCCC1C1CCCC1.CC1CCCC1C1CCCC1.CC1CCCC1C1CCCC1. The summed E-state index contributed by atoms with van der Waals surface area (Å²) in [6, 6.07) is 0. The van der Waals surface area contributed by atoms with Crippen LogP contribution in [0.2, 0.25) is 0 Å². The van der Waals surface area contributed by atoms with Gasteiger partial charge in [0, 0.05) is 0 Å². The first-order valence-corrected chi connectivity index (χ1v) is 26.9. The molecule has 0 aromatic carbocycles. The summed E-state index contributed by atoms with van der Waals surface area (Å²) in [7, 11) is 0. The van der Waals surface area contributed by atoms with Gasteiger partial charge >= 0.3 is 0 Å². The fourth-order valence-electron chi connectivity index (χ4n) is 16.3. The van der Waals surface area contributed by atoms with E-state index in [1.54, 1.807) is 96.3 Å². The molecule has 392 valence electrons. The highest BCUT2D eigenvalue weighted by Gasteiger charge is 2.35. The highest BCUT2D eigenvalue weighted by atomic mass is 14.4. The average Bonchev–Trinajstić information content (AvgIpc) is 4.03. The fourth-order valence-corrected chi connectivity index (χ4v) is 16.3. The molecule has 0 amide bonds. The summed E-state index contributed by atoms with van der Waals surface area (Å²) >= 11 is 0. The lowest BCUT2D eigenvalue weighted by atomic mass is 9.84. The first-order valence-electron chi connectivity index (χ1n) is 26.9. The average molecular weight is 906 g/mol. The van der Waals surface area contributed by atoms with Gasteiger partial charge in [-0.2, -0.15) is 0 Å². The zero-order valence-corrected chi connectivity index (χ0v) is 38.4. The summed E-state index contributed by atoms with van der Waals surface area (Å²) < 4.78 is 0. The molecule has 0 heterocycles. The predicted molar refractivity (Wildman–Crippen MR) is 303 cm³/mol. The van der Waals surface area contributed by atoms with Crippen LogP contribution >= 0.6 is 0 Å². The van der Waals surface area contributed by atoms with Crippen molar-refractivity contribution >= 4 is 0 Å². The molecule has 0 bridgehead atoms. The van der Waals surface area contributed by atoms with Gasteiger partial charge in [-0.05, 0) is 121 Å². The van der Waals surface area contributed by atoms with Crippen molar-refractivity contribution in [3.8, 4) is 0 Å². The molecule has 10 fully saturated rings. The number of rotatable bonds is 5. The van der Waals surface area contributed by atoms with Crippen LogP contribution in [-0.4, -0.2) is 0 Å². The van der Waals surface area contributed by atoms with Crippen LogP contribution in [0.4, 0.5) is 0 Å². The molecule has 0 nitrogen and oxygen atoms in total. The Hall–Kier alpha value is 0. The highest BCUT2D eigenvalue weighted by Crippen LogP contribution is 2.47. The molecule has 0 aliphatic heterocycles. The van der Waals surface area contributed by atoms with E-state index in [1.165, 1.54) is 128 Å². The normalized spacial score (nSPS) is 34.5. The summed E-state index contributed by atoms with van der Waals surface area (Å²) in [6.07, 6.45) is 53.6. The molecule has 0 saturated heterocycles. The molecule has 10 rings (SSSR count). The molecule has 0 spiro atoms. The van der Waals surface area contributed by atoms with Crippen molar-refractivity contribution < 1.29 is 0 Å². The molecule has 0 radical (unpaired) electrons. The Morgan fingerprint density at radius 2 is 0.281 bits per heavy atom. The van der Waals surface area contributed by atoms with Crippen molar-refractivity contribution in [1.29, 1.82) is 0 Å². The topological polar surface area (TPSA) is 0 Å².